The van der Waals surface area contributed by atoms with Crippen LogP contribution in [0, 0.1) is 5.41 Å². The van der Waals surface area contributed by atoms with Crippen LogP contribution in [0.25, 0.3) is 0 Å². The Morgan fingerprint density at radius 2 is 2.00 bits per heavy atom. The van der Waals surface area contributed by atoms with Gasteiger partial charge in [-0.2, -0.15) is 0 Å². The standard InChI is InChI=1S/C10H13N3/c1-8(13-7-10(11)12)9-5-3-2-4-6-9/h2-6H,7H2,1H3,(H3,11,12). The van der Waals surface area contributed by atoms with Gasteiger partial charge in [0.25, 0.3) is 0 Å². The normalized spacial score (nSPS) is 11.3. The summed E-state index contributed by atoms with van der Waals surface area (Å²) in [6.07, 6.45) is 0. The first-order valence-corrected chi connectivity index (χ1v) is 4.09. The molecule has 1 aromatic rings. The predicted molar refractivity (Wildman–Crippen MR) is 55.4 cm³/mol. The number of nitrogens with one attached hydrogen (secondary N) is 1. The van der Waals surface area contributed by atoms with Crippen LogP contribution in [-0.4, -0.2) is 18.1 Å². The first-order chi connectivity index (χ1) is 6.20. The van der Waals surface area contributed by atoms with E-state index in [-0.39, 0.29) is 12.4 Å². The molecule has 0 saturated carbocycles. The molecule has 0 saturated heterocycles. The van der Waals surface area contributed by atoms with Gasteiger partial charge in [0.05, 0.1) is 6.54 Å². The van der Waals surface area contributed by atoms with E-state index in [9.17, 15) is 0 Å². The van der Waals surface area contributed by atoms with Crippen molar-refractivity contribution in [2.75, 3.05) is 6.54 Å². The molecule has 3 nitrogen and oxygen atoms in total. The van der Waals surface area contributed by atoms with Crippen molar-refractivity contribution in [2.45, 2.75) is 6.92 Å². The Bertz CT molecular complexity index is 314. The van der Waals surface area contributed by atoms with Crippen LogP contribution >= 0.6 is 0 Å². The number of benzene rings is 1. The fourth-order valence-electron chi connectivity index (χ4n) is 0.974. The van der Waals surface area contributed by atoms with E-state index in [1.165, 1.54) is 0 Å². The molecule has 0 unspecified atom stereocenters. The Labute approximate surface area is 77.8 Å². The molecule has 1 rings (SSSR count). The summed E-state index contributed by atoms with van der Waals surface area (Å²) in [6, 6.07) is 9.85. The molecule has 0 heterocycles. The molecule has 0 aliphatic carbocycles. The number of nitrogens with two attached hydrogens (primary N) is 1. The summed E-state index contributed by atoms with van der Waals surface area (Å²) in [5.74, 6) is 0.0929. The Balaban J connectivity index is 2.73. The monoisotopic (exact) mass is 175 g/mol. The molecular formula is C10H13N3. The summed E-state index contributed by atoms with van der Waals surface area (Å²) < 4.78 is 0. The minimum absolute atomic E-state index is 0.0929. The molecule has 68 valence electrons. The highest BCUT2D eigenvalue weighted by atomic mass is 14.8. The molecular weight excluding hydrogens is 162 g/mol. The quantitative estimate of drug-likeness (QED) is 0.529. The zero-order chi connectivity index (χ0) is 9.68. The largest absolute Gasteiger partial charge is 0.386 e. The van der Waals surface area contributed by atoms with Crippen LogP contribution in [0.15, 0.2) is 35.3 Å². The third-order valence-corrected chi connectivity index (χ3v) is 1.68. The molecule has 0 radical (unpaired) electrons. The highest BCUT2D eigenvalue weighted by molar-refractivity contribution is 5.99. The first kappa shape index (κ1) is 9.45. The molecule has 1 aromatic carbocycles. The molecule has 0 aromatic heterocycles. The average molecular weight is 175 g/mol. The van der Waals surface area contributed by atoms with E-state index in [0.29, 0.717) is 0 Å². The predicted octanol–water partition coefficient (Wildman–Crippen LogP) is 1.43. The maximum absolute atomic E-state index is 7.02. The molecule has 0 amide bonds. The fourth-order valence-corrected chi connectivity index (χ4v) is 0.974. The molecule has 0 spiro atoms. The van der Waals surface area contributed by atoms with Crippen molar-refractivity contribution in [2.24, 2.45) is 10.7 Å². The first-order valence-electron chi connectivity index (χ1n) is 4.09. The van der Waals surface area contributed by atoms with E-state index in [4.69, 9.17) is 11.1 Å². The van der Waals surface area contributed by atoms with Gasteiger partial charge in [0, 0.05) is 5.71 Å². The van der Waals surface area contributed by atoms with Gasteiger partial charge < -0.3 is 5.73 Å². The van der Waals surface area contributed by atoms with E-state index in [1.807, 2.05) is 37.3 Å². The number of hydrogen-bond donors (Lipinski definition) is 2. The molecule has 0 aliphatic heterocycles. The van der Waals surface area contributed by atoms with Gasteiger partial charge in [-0.15, -0.1) is 0 Å². The summed E-state index contributed by atoms with van der Waals surface area (Å²) in [7, 11) is 0. The third kappa shape index (κ3) is 3.07. The molecule has 0 aliphatic rings. The Kier molecular flexibility index (Phi) is 3.20. The molecule has 3 N–H and O–H groups in total. The minimum atomic E-state index is 0.0929. The van der Waals surface area contributed by atoms with Gasteiger partial charge in [-0.3, -0.25) is 10.4 Å². The maximum atomic E-state index is 7.02. The number of aliphatic imine (C=N–C) groups is 1. The highest BCUT2D eigenvalue weighted by Gasteiger charge is 1.94. The van der Waals surface area contributed by atoms with Gasteiger partial charge in [-0.1, -0.05) is 30.3 Å². The van der Waals surface area contributed by atoms with E-state index in [1.54, 1.807) is 0 Å². The van der Waals surface area contributed by atoms with Crippen molar-refractivity contribution >= 4 is 11.5 Å². The van der Waals surface area contributed by atoms with Gasteiger partial charge in [0.2, 0.25) is 0 Å². The zero-order valence-electron chi connectivity index (χ0n) is 7.62. The third-order valence-electron chi connectivity index (χ3n) is 1.68. The van der Waals surface area contributed by atoms with E-state index in [2.05, 4.69) is 4.99 Å². The van der Waals surface area contributed by atoms with Crippen molar-refractivity contribution < 1.29 is 0 Å². The van der Waals surface area contributed by atoms with Crippen LogP contribution in [0.2, 0.25) is 0 Å². The zero-order valence-corrected chi connectivity index (χ0v) is 7.62. The highest BCUT2D eigenvalue weighted by Crippen LogP contribution is 2.00. The average Bonchev–Trinajstić information content (AvgIpc) is 2.15. The topological polar surface area (TPSA) is 62.2 Å². The number of rotatable bonds is 3. The van der Waals surface area contributed by atoms with Crippen LogP contribution in [0.3, 0.4) is 0 Å². The maximum Gasteiger partial charge on any atom is 0.113 e. The Morgan fingerprint density at radius 3 is 2.54 bits per heavy atom. The summed E-state index contributed by atoms with van der Waals surface area (Å²) in [4.78, 5) is 4.16. The summed E-state index contributed by atoms with van der Waals surface area (Å²) in [5.41, 5.74) is 7.18. The van der Waals surface area contributed by atoms with Crippen LogP contribution < -0.4 is 5.73 Å². The van der Waals surface area contributed by atoms with Crippen LogP contribution in [0.5, 0.6) is 0 Å². The van der Waals surface area contributed by atoms with Crippen LogP contribution in [0.4, 0.5) is 0 Å². The second-order valence-corrected chi connectivity index (χ2v) is 2.79. The SMILES string of the molecule is CC(=NCC(=N)N)c1ccccc1. The second-order valence-electron chi connectivity index (χ2n) is 2.79. The van der Waals surface area contributed by atoms with Gasteiger partial charge in [-0.25, -0.2) is 0 Å². The van der Waals surface area contributed by atoms with Crippen molar-refractivity contribution in [3.8, 4) is 0 Å². The van der Waals surface area contributed by atoms with E-state index >= 15 is 0 Å². The van der Waals surface area contributed by atoms with Crippen LogP contribution in [-0.2, 0) is 0 Å². The van der Waals surface area contributed by atoms with Gasteiger partial charge in [0.15, 0.2) is 0 Å². The lowest BCUT2D eigenvalue weighted by molar-refractivity contribution is 1.22. The lowest BCUT2D eigenvalue weighted by Crippen LogP contribution is -2.14. The van der Waals surface area contributed by atoms with Gasteiger partial charge >= 0.3 is 0 Å². The van der Waals surface area contributed by atoms with Crippen molar-refractivity contribution in [3.05, 3.63) is 35.9 Å². The van der Waals surface area contributed by atoms with E-state index < -0.39 is 0 Å². The molecule has 13 heavy (non-hydrogen) atoms. The Morgan fingerprint density at radius 1 is 1.38 bits per heavy atom. The van der Waals surface area contributed by atoms with Crippen molar-refractivity contribution in [1.29, 1.82) is 5.41 Å². The van der Waals surface area contributed by atoms with Crippen LogP contribution in [0.1, 0.15) is 12.5 Å². The summed E-state index contributed by atoms with van der Waals surface area (Å²) in [5, 5.41) is 7.02. The van der Waals surface area contributed by atoms with Gasteiger partial charge in [0.1, 0.15) is 5.84 Å². The molecule has 3 heteroatoms. The number of hydrogen-bond acceptors (Lipinski definition) is 2. The molecule has 0 atom stereocenters. The molecule has 0 fully saturated rings. The summed E-state index contributed by atoms with van der Waals surface area (Å²) >= 11 is 0. The van der Waals surface area contributed by atoms with E-state index in [0.717, 1.165) is 11.3 Å². The fraction of sp³-hybridized carbons (Fsp3) is 0.200. The number of nitrogens with zero attached hydrogens (tertiary/aromatic N) is 1. The Hall–Kier alpha value is -1.64. The van der Waals surface area contributed by atoms with Gasteiger partial charge in [-0.05, 0) is 12.5 Å². The van der Waals surface area contributed by atoms with Crippen molar-refractivity contribution in [1.82, 2.24) is 0 Å². The molecule has 0 bridgehead atoms. The lowest BCUT2D eigenvalue weighted by Gasteiger charge is -1.99. The summed E-state index contributed by atoms with van der Waals surface area (Å²) in [6.45, 7) is 2.19. The minimum Gasteiger partial charge on any atom is -0.386 e. The number of amidine groups is 1. The smallest absolute Gasteiger partial charge is 0.113 e. The second kappa shape index (κ2) is 4.40. The lowest BCUT2D eigenvalue weighted by atomic mass is 10.1. The van der Waals surface area contributed by atoms with Crippen molar-refractivity contribution in [3.63, 3.8) is 0 Å².